The van der Waals surface area contributed by atoms with Crippen molar-refractivity contribution in [3.05, 3.63) is 35.9 Å². The number of nitrogens with zero attached hydrogens (tertiary/aromatic N) is 3. The van der Waals surface area contributed by atoms with E-state index in [2.05, 4.69) is 20.4 Å². The van der Waals surface area contributed by atoms with Crippen LogP contribution in [0.3, 0.4) is 0 Å². The Kier molecular flexibility index (Phi) is 4.94. The highest BCUT2D eigenvalue weighted by Gasteiger charge is 2.18. The van der Waals surface area contributed by atoms with Gasteiger partial charge < -0.3 is 14.6 Å². The van der Waals surface area contributed by atoms with Gasteiger partial charge in [-0.15, -0.1) is 0 Å². The summed E-state index contributed by atoms with van der Waals surface area (Å²) in [5, 5.41) is 6.33. The van der Waals surface area contributed by atoms with E-state index in [9.17, 15) is 9.18 Å². The SMILES string of the molecule is O=C(NCCN1CCOCC1)c1noc(-c2ccccc2F)n1. The summed E-state index contributed by atoms with van der Waals surface area (Å²) < 4.78 is 23.9. The maximum absolute atomic E-state index is 13.7. The van der Waals surface area contributed by atoms with Crippen molar-refractivity contribution >= 4 is 5.91 Å². The van der Waals surface area contributed by atoms with Crippen LogP contribution >= 0.6 is 0 Å². The highest BCUT2D eigenvalue weighted by molar-refractivity contribution is 5.90. The molecule has 1 amide bonds. The fraction of sp³-hybridized carbons (Fsp3) is 0.400. The molecule has 122 valence electrons. The van der Waals surface area contributed by atoms with Crippen LogP contribution in [0.25, 0.3) is 11.5 Å². The minimum absolute atomic E-state index is 0.0126. The van der Waals surface area contributed by atoms with Crippen LogP contribution in [0.15, 0.2) is 28.8 Å². The molecular formula is C15H17FN4O3. The van der Waals surface area contributed by atoms with Crippen molar-refractivity contribution < 1.29 is 18.4 Å². The fourth-order valence-corrected chi connectivity index (χ4v) is 2.29. The molecule has 0 saturated carbocycles. The maximum Gasteiger partial charge on any atom is 0.292 e. The number of nitrogens with one attached hydrogen (secondary N) is 1. The zero-order valence-corrected chi connectivity index (χ0v) is 12.5. The number of hydrogen-bond acceptors (Lipinski definition) is 6. The molecule has 1 saturated heterocycles. The van der Waals surface area contributed by atoms with Crippen molar-refractivity contribution in [1.82, 2.24) is 20.4 Å². The molecule has 0 atom stereocenters. The van der Waals surface area contributed by atoms with E-state index in [0.717, 1.165) is 19.6 Å². The Balaban J connectivity index is 1.55. The molecule has 7 nitrogen and oxygen atoms in total. The lowest BCUT2D eigenvalue weighted by molar-refractivity contribution is 0.0383. The molecule has 0 aliphatic carbocycles. The third-order valence-corrected chi connectivity index (χ3v) is 3.55. The van der Waals surface area contributed by atoms with Crippen LogP contribution < -0.4 is 5.32 Å². The Labute approximate surface area is 132 Å². The van der Waals surface area contributed by atoms with Crippen molar-refractivity contribution in [3.63, 3.8) is 0 Å². The van der Waals surface area contributed by atoms with Crippen molar-refractivity contribution in [2.75, 3.05) is 39.4 Å². The predicted molar refractivity (Wildman–Crippen MR) is 79.3 cm³/mol. The number of rotatable bonds is 5. The second kappa shape index (κ2) is 7.30. The molecule has 0 bridgehead atoms. The van der Waals surface area contributed by atoms with E-state index in [4.69, 9.17) is 9.26 Å². The normalized spacial score (nSPS) is 15.5. The first kappa shape index (κ1) is 15.6. The van der Waals surface area contributed by atoms with Crippen LogP contribution in [-0.4, -0.2) is 60.3 Å². The van der Waals surface area contributed by atoms with Gasteiger partial charge in [0.15, 0.2) is 0 Å². The van der Waals surface area contributed by atoms with E-state index in [1.165, 1.54) is 12.1 Å². The number of hydrogen-bond donors (Lipinski definition) is 1. The molecule has 2 aromatic rings. The highest BCUT2D eigenvalue weighted by atomic mass is 19.1. The van der Waals surface area contributed by atoms with Crippen LogP contribution in [0.2, 0.25) is 0 Å². The predicted octanol–water partition coefficient (Wildman–Crippen LogP) is 0.938. The number of aromatic nitrogens is 2. The van der Waals surface area contributed by atoms with E-state index < -0.39 is 11.7 Å². The van der Waals surface area contributed by atoms with Gasteiger partial charge >= 0.3 is 0 Å². The van der Waals surface area contributed by atoms with Gasteiger partial charge in [0.1, 0.15) is 5.82 Å². The number of benzene rings is 1. The van der Waals surface area contributed by atoms with Crippen molar-refractivity contribution in [2.45, 2.75) is 0 Å². The summed E-state index contributed by atoms with van der Waals surface area (Å²) >= 11 is 0. The zero-order valence-electron chi connectivity index (χ0n) is 12.5. The van der Waals surface area contributed by atoms with Gasteiger partial charge in [-0.3, -0.25) is 9.69 Å². The molecule has 1 aromatic heterocycles. The maximum atomic E-state index is 13.7. The minimum atomic E-state index is -0.476. The van der Waals surface area contributed by atoms with Gasteiger partial charge in [-0.05, 0) is 12.1 Å². The smallest absolute Gasteiger partial charge is 0.292 e. The van der Waals surface area contributed by atoms with Crippen molar-refractivity contribution in [2.24, 2.45) is 0 Å². The Hall–Kier alpha value is -2.32. The molecular weight excluding hydrogens is 303 g/mol. The van der Waals surface area contributed by atoms with Gasteiger partial charge in [0.05, 0.1) is 18.8 Å². The molecule has 1 aromatic carbocycles. The van der Waals surface area contributed by atoms with E-state index in [-0.39, 0.29) is 17.3 Å². The molecule has 23 heavy (non-hydrogen) atoms. The molecule has 0 unspecified atom stereocenters. The molecule has 1 aliphatic rings. The summed E-state index contributed by atoms with van der Waals surface area (Å²) in [4.78, 5) is 18.1. The van der Waals surface area contributed by atoms with Crippen LogP contribution in [0, 0.1) is 5.82 Å². The number of ether oxygens (including phenoxy) is 1. The van der Waals surface area contributed by atoms with Crippen molar-refractivity contribution in [1.29, 1.82) is 0 Å². The third-order valence-electron chi connectivity index (χ3n) is 3.55. The zero-order chi connectivity index (χ0) is 16.1. The Morgan fingerprint density at radius 3 is 2.87 bits per heavy atom. The second-order valence-electron chi connectivity index (χ2n) is 5.11. The van der Waals surface area contributed by atoms with Crippen LogP contribution in [0.5, 0.6) is 0 Å². The van der Waals surface area contributed by atoms with Gasteiger partial charge in [0.2, 0.25) is 0 Å². The van der Waals surface area contributed by atoms with Gasteiger partial charge in [0, 0.05) is 26.2 Å². The average Bonchev–Trinajstić information content (AvgIpc) is 3.06. The summed E-state index contributed by atoms with van der Waals surface area (Å²) in [7, 11) is 0. The highest BCUT2D eigenvalue weighted by Crippen LogP contribution is 2.20. The first-order valence-corrected chi connectivity index (χ1v) is 7.41. The third kappa shape index (κ3) is 3.91. The Bertz CT molecular complexity index is 670. The van der Waals surface area contributed by atoms with Crippen molar-refractivity contribution in [3.8, 4) is 11.5 Å². The van der Waals surface area contributed by atoms with Gasteiger partial charge in [-0.25, -0.2) is 4.39 Å². The molecule has 0 radical (unpaired) electrons. The quantitative estimate of drug-likeness (QED) is 0.883. The molecule has 1 aliphatic heterocycles. The summed E-state index contributed by atoms with van der Waals surface area (Å²) in [5.41, 5.74) is 0.173. The molecule has 1 fully saturated rings. The monoisotopic (exact) mass is 320 g/mol. The summed E-state index contributed by atoms with van der Waals surface area (Å²) in [6.45, 7) is 4.34. The lowest BCUT2D eigenvalue weighted by Crippen LogP contribution is -2.41. The fourth-order valence-electron chi connectivity index (χ4n) is 2.29. The number of morpholine rings is 1. The number of carbonyl (C=O) groups excluding carboxylic acids is 1. The summed E-state index contributed by atoms with van der Waals surface area (Å²) in [5.74, 6) is -1.04. The molecule has 8 heteroatoms. The second-order valence-corrected chi connectivity index (χ2v) is 5.11. The first-order valence-electron chi connectivity index (χ1n) is 7.41. The summed E-state index contributed by atoms with van der Waals surface area (Å²) in [6, 6.07) is 6.03. The number of amides is 1. The van der Waals surface area contributed by atoms with Gasteiger partial charge in [0.25, 0.3) is 17.6 Å². The first-order chi connectivity index (χ1) is 11.2. The topological polar surface area (TPSA) is 80.5 Å². The molecule has 2 heterocycles. The van der Waals surface area contributed by atoms with Gasteiger partial charge in [-0.1, -0.05) is 17.3 Å². The lowest BCUT2D eigenvalue weighted by atomic mass is 10.2. The lowest BCUT2D eigenvalue weighted by Gasteiger charge is -2.26. The van der Waals surface area contributed by atoms with E-state index in [1.807, 2.05) is 0 Å². The average molecular weight is 320 g/mol. The Morgan fingerprint density at radius 1 is 1.30 bits per heavy atom. The van der Waals surface area contributed by atoms with E-state index in [0.29, 0.717) is 19.8 Å². The van der Waals surface area contributed by atoms with Crippen LogP contribution in [-0.2, 0) is 4.74 Å². The van der Waals surface area contributed by atoms with E-state index in [1.54, 1.807) is 12.1 Å². The van der Waals surface area contributed by atoms with E-state index >= 15 is 0 Å². The number of carbonyl (C=O) groups is 1. The number of halogens is 1. The minimum Gasteiger partial charge on any atom is -0.379 e. The van der Waals surface area contributed by atoms with Crippen LogP contribution in [0.1, 0.15) is 10.6 Å². The largest absolute Gasteiger partial charge is 0.379 e. The Morgan fingerprint density at radius 2 is 2.09 bits per heavy atom. The summed E-state index contributed by atoms with van der Waals surface area (Å²) in [6.07, 6.45) is 0. The molecule has 0 spiro atoms. The van der Waals surface area contributed by atoms with Crippen LogP contribution in [0.4, 0.5) is 4.39 Å². The standard InChI is InChI=1S/C15H17FN4O3/c16-12-4-2-1-3-11(12)15-18-13(19-23-15)14(21)17-5-6-20-7-9-22-10-8-20/h1-4H,5-10H2,(H,17,21). The van der Waals surface area contributed by atoms with Gasteiger partial charge in [-0.2, -0.15) is 4.98 Å². The molecule has 1 N–H and O–H groups in total. The molecule has 3 rings (SSSR count).